The van der Waals surface area contributed by atoms with Crippen LogP contribution in [0.1, 0.15) is 10.4 Å². The molecular formula is C10H7FN4O. The van der Waals surface area contributed by atoms with Crippen molar-refractivity contribution >= 4 is 11.9 Å². The molecule has 0 aliphatic rings. The molecule has 0 radical (unpaired) electrons. The Morgan fingerprint density at radius 1 is 1.25 bits per heavy atom. The SMILES string of the molecule is O=C(Nc1ncccn1)c1ccncc1F. The van der Waals surface area contributed by atoms with Crippen molar-refractivity contribution in [3.8, 4) is 0 Å². The van der Waals surface area contributed by atoms with Crippen molar-refractivity contribution < 1.29 is 9.18 Å². The second kappa shape index (κ2) is 4.43. The number of aromatic nitrogens is 3. The molecule has 2 rings (SSSR count). The van der Waals surface area contributed by atoms with E-state index in [1.807, 2.05) is 0 Å². The van der Waals surface area contributed by atoms with Crippen molar-refractivity contribution in [2.45, 2.75) is 0 Å². The van der Waals surface area contributed by atoms with E-state index in [4.69, 9.17) is 0 Å². The van der Waals surface area contributed by atoms with Crippen molar-refractivity contribution in [2.24, 2.45) is 0 Å². The average Bonchev–Trinajstić information content (AvgIpc) is 2.31. The van der Waals surface area contributed by atoms with Crippen molar-refractivity contribution in [3.63, 3.8) is 0 Å². The van der Waals surface area contributed by atoms with Gasteiger partial charge in [-0.3, -0.25) is 15.1 Å². The summed E-state index contributed by atoms with van der Waals surface area (Å²) in [5, 5.41) is 2.37. The molecule has 2 aromatic rings. The van der Waals surface area contributed by atoms with Gasteiger partial charge in [0, 0.05) is 18.6 Å². The normalized spacial score (nSPS) is 9.81. The third kappa shape index (κ3) is 2.17. The number of hydrogen-bond donors (Lipinski definition) is 1. The molecular weight excluding hydrogens is 211 g/mol. The van der Waals surface area contributed by atoms with Gasteiger partial charge in [0.25, 0.3) is 5.91 Å². The lowest BCUT2D eigenvalue weighted by atomic mass is 10.2. The first-order chi connectivity index (χ1) is 7.77. The van der Waals surface area contributed by atoms with Gasteiger partial charge in [0.05, 0.1) is 11.8 Å². The molecule has 16 heavy (non-hydrogen) atoms. The van der Waals surface area contributed by atoms with Crippen LogP contribution in [0.5, 0.6) is 0 Å². The molecule has 2 aromatic heterocycles. The number of anilines is 1. The van der Waals surface area contributed by atoms with Gasteiger partial charge in [-0.05, 0) is 12.1 Å². The summed E-state index contributed by atoms with van der Waals surface area (Å²) in [6, 6.07) is 2.90. The van der Waals surface area contributed by atoms with Crippen molar-refractivity contribution in [1.29, 1.82) is 0 Å². The fourth-order valence-corrected chi connectivity index (χ4v) is 1.09. The lowest BCUT2D eigenvalue weighted by Crippen LogP contribution is -2.15. The van der Waals surface area contributed by atoms with Crippen LogP contribution in [0.15, 0.2) is 36.9 Å². The molecule has 0 aliphatic carbocycles. The number of rotatable bonds is 2. The van der Waals surface area contributed by atoms with E-state index in [0.717, 1.165) is 6.20 Å². The van der Waals surface area contributed by atoms with Crippen LogP contribution in [0.4, 0.5) is 10.3 Å². The number of hydrogen-bond acceptors (Lipinski definition) is 4. The predicted molar refractivity (Wildman–Crippen MR) is 54.2 cm³/mol. The Morgan fingerprint density at radius 2 is 2.00 bits per heavy atom. The summed E-state index contributed by atoms with van der Waals surface area (Å²) in [5.41, 5.74) is -0.0950. The molecule has 1 amide bonds. The van der Waals surface area contributed by atoms with Crippen LogP contribution in [0.2, 0.25) is 0 Å². The van der Waals surface area contributed by atoms with Crippen LogP contribution in [0.3, 0.4) is 0 Å². The van der Waals surface area contributed by atoms with Gasteiger partial charge in [-0.2, -0.15) is 0 Å². The quantitative estimate of drug-likeness (QED) is 0.824. The molecule has 0 aromatic carbocycles. The third-order valence-corrected chi connectivity index (χ3v) is 1.81. The minimum atomic E-state index is -0.684. The highest BCUT2D eigenvalue weighted by Gasteiger charge is 2.11. The number of pyridine rings is 1. The van der Waals surface area contributed by atoms with E-state index in [2.05, 4.69) is 20.3 Å². The summed E-state index contributed by atoms with van der Waals surface area (Å²) in [7, 11) is 0. The van der Waals surface area contributed by atoms with E-state index in [1.54, 1.807) is 6.07 Å². The molecule has 80 valence electrons. The zero-order chi connectivity index (χ0) is 11.4. The van der Waals surface area contributed by atoms with Crippen molar-refractivity contribution in [2.75, 3.05) is 5.32 Å². The summed E-state index contributed by atoms with van der Waals surface area (Å²) in [6.45, 7) is 0. The van der Waals surface area contributed by atoms with Gasteiger partial charge in [-0.15, -0.1) is 0 Å². The maximum Gasteiger partial charge on any atom is 0.261 e. The minimum Gasteiger partial charge on any atom is -0.290 e. The second-order valence-corrected chi connectivity index (χ2v) is 2.88. The Kier molecular flexibility index (Phi) is 2.81. The van der Waals surface area contributed by atoms with Crippen LogP contribution in [0.25, 0.3) is 0 Å². The summed E-state index contributed by atoms with van der Waals surface area (Å²) < 4.78 is 13.2. The highest BCUT2D eigenvalue weighted by Crippen LogP contribution is 2.06. The molecule has 0 saturated carbocycles. The molecule has 0 atom stereocenters. The predicted octanol–water partition coefficient (Wildman–Crippen LogP) is 1.26. The standard InChI is InChI=1S/C10H7FN4O/c11-8-6-12-5-2-7(8)9(16)15-10-13-3-1-4-14-10/h1-6H,(H,13,14,15,16). The molecule has 0 fully saturated rings. The molecule has 6 heteroatoms. The van der Waals surface area contributed by atoms with E-state index in [-0.39, 0.29) is 11.5 Å². The Balaban J connectivity index is 2.19. The first-order valence-electron chi connectivity index (χ1n) is 4.45. The summed E-state index contributed by atoms with van der Waals surface area (Å²) in [6.07, 6.45) is 5.27. The topological polar surface area (TPSA) is 67.8 Å². The number of amides is 1. The Morgan fingerprint density at radius 3 is 2.69 bits per heavy atom. The molecule has 5 nitrogen and oxygen atoms in total. The van der Waals surface area contributed by atoms with Crippen LogP contribution in [0, 0.1) is 5.82 Å². The Bertz CT molecular complexity index is 503. The molecule has 0 aliphatic heterocycles. The molecule has 1 N–H and O–H groups in total. The van der Waals surface area contributed by atoms with Gasteiger partial charge >= 0.3 is 0 Å². The third-order valence-electron chi connectivity index (χ3n) is 1.81. The first-order valence-corrected chi connectivity index (χ1v) is 4.45. The summed E-state index contributed by atoms with van der Waals surface area (Å²) in [5.74, 6) is -1.16. The Labute approximate surface area is 90.4 Å². The van der Waals surface area contributed by atoms with Gasteiger partial charge in [-0.25, -0.2) is 14.4 Å². The Hall–Kier alpha value is -2.37. The number of halogens is 1. The van der Waals surface area contributed by atoms with Crippen LogP contribution in [-0.4, -0.2) is 20.9 Å². The van der Waals surface area contributed by atoms with E-state index < -0.39 is 11.7 Å². The molecule has 0 unspecified atom stereocenters. The fourth-order valence-electron chi connectivity index (χ4n) is 1.09. The van der Waals surface area contributed by atoms with E-state index in [1.165, 1.54) is 24.7 Å². The van der Waals surface area contributed by atoms with E-state index in [0.29, 0.717) is 0 Å². The number of nitrogens with zero attached hydrogens (tertiary/aromatic N) is 3. The zero-order valence-corrected chi connectivity index (χ0v) is 8.09. The maximum atomic E-state index is 13.2. The first kappa shape index (κ1) is 10.2. The van der Waals surface area contributed by atoms with Crippen LogP contribution < -0.4 is 5.32 Å². The summed E-state index contributed by atoms with van der Waals surface area (Å²) >= 11 is 0. The van der Waals surface area contributed by atoms with Crippen LogP contribution >= 0.6 is 0 Å². The molecule has 0 spiro atoms. The van der Waals surface area contributed by atoms with Gasteiger partial charge in [0.2, 0.25) is 5.95 Å². The smallest absolute Gasteiger partial charge is 0.261 e. The highest BCUT2D eigenvalue weighted by molar-refractivity contribution is 6.03. The number of carbonyl (C=O) groups excluding carboxylic acids is 1. The van der Waals surface area contributed by atoms with Crippen LogP contribution in [-0.2, 0) is 0 Å². The maximum absolute atomic E-state index is 13.2. The number of carbonyl (C=O) groups is 1. The summed E-state index contributed by atoms with van der Waals surface area (Å²) in [4.78, 5) is 22.7. The van der Waals surface area contributed by atoms with Gasteiger partial charge < -0.3 is 0 Å². The van der Waals surface area contributed by atoms with Gasteiger partial charge in [0.15, 0.2) is 5.82 Å². The molecule has 0 bridgehead atoms. The second-order valence-electron chi connectivity index (χ2n) is 2.88. The number of nitrogens with one attached hydrogen (secondary N) is 1. The van der Waals surface area contributed by atoms with Gasteiger partial charge in [-0.1, -0.05) is 0 Å². The molecule has 2 heterocycles. The minimum absolute atomic E-state index is 0.0950. The monoisotopic (exact) mass is 218 g/mol. The largest absolute Gasteiger partial charge is 0.290 e. The van der Waals surface area contributed by atoms with Crippen molar-refractivity contribution in [3.05, 3.63) is 48.3 Å². The van der Waals surface area contributed by atoms with E-state index >= 15 is 0 Å². The lowest BCUT2D eigenvalue weighted by Gasteiger charge is -2.03. The average molecular weight is 218 g/mol. The van der Waals surface area contributed by atoms with E-state index in [9.17, 15) is 9.18 Å². The highest BCUT2D eigenvalue weighted by atomic mass is 19.1. The zero-order valence-electron chi connectivity index (χ0n) is 8.09. The van der Waals surface area contributed by atoms with Crippen molar-refractivity contribution in [1.82, 2.24) is 15.0 Å². The lowest BCUT2D eigenvalue weighted by molar-refractivity contribution is 0.102. The fraction of sp³-hybridized carbons (Fsp3) is 0. The van der Waals surface area contributed by atoms with Gasteiger partial charge in [0.1, 0.15) is 0 Å². The molecule has 0 saturated heterocycles.